The monoisotopic (exact) mass is 126 g/mol. The molecule has 2 nitrogen and oxygen atoms in total. The van der Waals surface area contributed by atoms with Gasteiger partial charge in [0.2, 0.25) is 0 Å². The lowest BCUT2D eigenvalue weighted by Crippen LogP contribution is -2.23. The van der Waals surface area contributed by atoms with E-state index in [4.69, 9.17) is 5.73 Å². The lowest BCUT2D eigenvalue weighted by molar-refractivity contribution is 0.608. The smallest absolute Gasteiger partial charge is 0.0109 e. The van der Waals surface area contributed by atoms with Crippen LogP contribution in [0.5, 0.6) is 0 Å². The molecule has 1 heterocycles. The molecule has 0 atom stereocenters. The Kier molecular flexibility index (Phi) is 2.74. The Morgan fingerprint density at radius 2 is 2.11 bits per heavy atom. The van der Waals surface area contributed by atoms with Gasteiger partial charge in [-0.25, -0.2) is 0 Å². The first-order valence-electron chi connectivity index (χ1n) is 3.52. The van der Waals surface area contributed by atoms with Crippen molar-refractivity contribution in [2.45, 2.75) is 12.8 Å². The Morgan fingerprint density at radius 1 is 1.44 bits per heavy atom. The maximum Gasteiger partial charge on any atom is 0.0109 e. The third kappa shape index (κ3) is 2.16. The van der Waals surface area contributed by atoms with Gasteiger partial charge in [0.05, 0.1) is 0 Å². The molecule has 0 unspecified atom stereocenters. The highest BCUT2D eigenvalue weighted by Crippen LogP contribution is 2.07. The molecule has 0 bridgehead atoms. The molecule has 0 aromatic rings. The van der Waals surface area contributed by atoms with Crippen LogP contribution in [0.2, 0.25) is 0 Å². The molecule has 0 amide bonds. The second-order valence-corrected chi connectivity index (χ2v) is 2.35. The Morgan fingerprint density at radius 3 is 2.67 bits per heavy atom. The summed E-state index contributed by atoms with van der Waals surface area (Å²) in [5.74, 6) is 0. The summed E-state index contributed by atoms with van der Waals surface area (Å²) in [6, 6.07) is 0. The molecule has 1 fully saturated rings. The Balaban J connectivity index is 2.30. The highest BCUT2D eigenvalue weighted by molar-refractivity contribution is 5.05. The second kappa shape index (κ2) is 3.64. The summed E-state index contributed by atoms with van der Waals surface area (Å²) in [5.41, 5.74) is 6.89. The molecule has 1 saturated heterocycles. The summed E-state index contributed by atoms with van der Waals surface area (Å²) in [7, 11) is 0. The third-order valence-corrected chi connectivity index (χ3v) is 1.65. The topological polar surface area (TPSA) is 38.0 Å². The second-order valence-electron chi connectivity index (χ2n) is 2.35. The summed E-state index contributed by atoms with van der Waals surface area (Å²) in [6.45, 7) is 2.97. The fourth-order valence-electron chi connectivity index (χ4n) is 1.12. The van der Waals surface area contributed by atoms with Crippen LogP contribution in [0.1, 0.15) is 12.8 Å². The van der Waals surface area contributed by atoms with Gasteiger partial charge in [0, 0.05) is 6.54 Å². The maximum absolute atomic E-state index is 5.36. The molecule has 2 heteroatoms. The molecule has 0 aliphatic carbocycles. The number of rotatable bonds is 1. The minimum atomic E-state index is 0.704. The van der Waals surface area contributed by atoms with Crippen molar-refractivity contribution in [1.82, 2.24) is 5.32 Å². The zero-order valence-corrected chi connectivity index (χ0v) is 5.69. The highest BCUT2D eigenvalue weighted by Gasteiger charge is 2.01. The first-order valence-corrected chi connectivity index (χ1v) is 3.52. The minimum absolute atomic E-state index is 0.704. The van der Waals surface area contributed by atoms with Crippen molar-refractivity contribution in [1.29, 1.82) is 0 Å². The van der Waals surface area contributed by atoms with Gasteiger partial charge >= 0.3 is 0 Å². The van der Waals surface area contributed by atoms with Crippen molar-refractivity contribution in [3.63, 3.8) is 0 Å². The normalized spacial score (nSPS) is 19.9. The lowest BCUT2D eigenvalue weighted by Gasteiger charge is -2.14. The van der Waals surface area contributed by atoms with Crippen molar-refractivity contribution >= 4 is 0 Å². The number of piperidine rings is 1. The van der Waals surface area contributed by atoms with E-state index in [1.807, 2.05) is 0 Å². The van der Waals surface area contributed by atoms with Gasteiger partial charge in [-0.2, -0.15) is 0 Å². The van der Waals surface area contributed by atoms with E-state index in [0.29, 0.717) is 6.54 Å². The van der Waals surface area contributed by atoms with Crippen molar-refractivity contribution in [2.24, 2.45) is 5.73 Å². The predicted molar refractivity (Wildman–Crippen MR) is 39.2 cm³/mol. The van der Waals surface area contributed by atoms with Gasteiger partial charge in [-0.3, -0.25) is 0 Å². The summed E-state index contributed by atoms with van der Waals surface area (Å²) in [6.07, 6.45) is 4.52. The van der Waals surface area contributed by atoms with E-state index in [-0.39, 0.29) is 0 Å². The standard InChI is InChI=1S/C7H14N2/c8-4-1-7-2-5-9-6-3-7/h1,9H,2-6,8H2. The zero-order chi connectivity index (χ0) is 6.53. The fraction of sp³-hybridized carbons (Fsp3) is 0.714. The van der Waals surface area contributed by atoms with Crippen molar-refractivity contribution < 1.29 is 0 Å². The molecule has 0 aromatic heterocycles. The van der Waals surface area contributed by atoms with E-state index >= 15 is 0 Å². The molecule has 0 radical (unpaired) electrons. The van der Waals surface area contributed by atoms with Crippen LogP contribution in [0.15, 0.2) is 11.6 Å². The Labute approximate surface area is 56.1 Å². The fourth-order valence-corrected chi connectivity index (χ4v) is 1.12. The van der Waals surface area contributed by atoms with Crippen LogP contribution < -0.4 is 11.1 Å². The quantitative estimate of drug-likeness (QED) is 0.494. The summed E-state index contributed by atoms with van der Waals surface area (Å²) < 4.78 is 0. The van der Waals surface area contributed by atoms with Gasteiger partial charge in [0.1, 0.15) is 0 Å². The van der Waals surface area contributed by atoms with E-state index in [1.54, 1.807) is 0 Å². The highest BCUT2D eigenvalue weighted by atomic mass is 14.9. The first-order chi connectivity index (χ1) is 4.43. The molecule has 1 rings (SSSR count). The molecule has 0 saturated carbocycles. The average molecular weight is 126 g/mol. The van der Waals surface area contributed by atoms with Gasteiger partial charge in [-0.1, -0.05) is 11.6 Å². The molecule has 1 aliphatic rings. The molecule has 9 heavy (non-hydrogen) atoms. The maximum atomic E-state index is 5.36. The van der Waals surface area contributed by atoms with Crippen LogP contribution in [0.3, 0.4) is 0 Å². The number of nitrogens with two attached hydrogens (primary N) is 1. The molecule has 0 aromatic carbocycles. The SMILES string of the molecule is NCC=C1CCNCC1. The number of hydrogen-bond donors (Lipinski definition) is 2. The molecule has 0 spiro atoms. The third-order valence-electron chi connectivity index (χ3n) is 1.65. The number of hydrogen-bond acceptors (Lipinski definition) is 2. The summed E-state index contributed by atoms with van der Waals surface area (Å²) >= 11 is 0. The van der Waals surface area contributed by atoms with E-state index < -0.39 is 0 Å². The van der Waals surface area contributed by atoms with Crippen molar-refractivity contribution in [3.8, 4) is 0 Å². The van der Waals surface area contributed by atoms with Gasteiger partial charge in [-0.05, 0) is 25.9 Å². The van der Waals surface area contributed by atoms with E-state index in [2.05, 4.69) is 11.4 Å². The minimum Gasteiger partial charge on any atom is -0.327 e. The van der Waals surface area contributed by atoms with Crippen LogP contribution in [0.4, 0.5) is 0 Å². The largest absolute Gasteiger partial charge is 0.327 e. The van der Waals surface area contributed by atoms with Gasteiger partial charge < -0.3 is 11.1 Å². The lowest BCUT2D eigenvalue weighted by atomic mass is 10.1. The van der Waals surface area contributed by atoms with E-state index in [9.17, 15) is 0 Å². The van der Waals surface area contributed by atoms with Crippen LogP contribution in [-0.4, -0.2) is 19.6 Å². The van der Waals surface area contributed by atoms with Crippen LogP contribution in [-0.2, 0) is 0 Å². The van der Waals surface area contributed by atoms with Crippen molar-refractivity contribution in [2.75, 3.05) is 19.6 Å². The number of nitrogens with one attached hydrogen (secondary N) is 1. The molecule has 52 valence electrons. The average Bonchev–Trinajstić information content (AvgIpc) is 1.91. The van der Waals surface area contributed by atoms with Gasteiger partial charge in [0.15, 0.2) is 0 Å². The van der Waals surface area contributed by atoms with Crippen LogP contribution in [0.25, 0.3) is 0 Å². The van der Waals surface area contributed by atoms with Gasteiger partial charge in [-0.15, -0.1) is 0 Å². The Hall–Kier alpha value is -0.340. The van der Waals surface area contributed by atoms with Gasteiger partial charge in [0.25, 0.3) is 0 Å². The summed E-state index contributed by atoms with van der Waals surface area (Å²) in [4.78, 5) is 0. The van der Waals surface area contributed by atoms with Crippen molar-refractivity contribution in [3.05, 3.63) is 11.6 Å². The molecule has 1 aliphatic heterocycles. The summed E-state index contributed by atoms with van der Waals surface area (Å²) in [5, 5.41) is 3.29. The molecular formula is C7H14N2. The van der Waals surface area contributed by atoms with Crippen LogP contribution in [0, 0.1) is 0 Å². The molecular weight excluding hydrogens is 112 g/mol. The Bertz CT molecular complexity index is 99.5. The first kappa shape index (κ1) is 6.78. The van der Waals surface area contributed by atoms with E-state index in [1.165, 1.54) is 18.4 Å². The zero-order valence-electron chi connectivity index (χ0n) is 5.69. The predicted octanol–water partition coefficient (Wildman–Crippen LogP) is 0.255. The van der Waals surface area contributed by atoms with Crippen LogP contribution >= 0.6 is 0 Å². The van der Waals surface area contributed by atoms with E-state index in [0.717, 1.165) is 13.1 Å². The molecule has 3 N–H and O–H groups in total.